The minimum absolute atomic E-state index is 0.0778. The lowest BCUT2D eigenvalue weighted by Gasteiger charge is -2.25. The molecule has 0 bridgehead atoms. The monoisotopic (exact) mass is 580 g/mol. The van der Waals surface area contributed by atoms with Gasteiger partial charge in [-0.15, -0.1) is 0 Å². The van der Waals surface area contributed by atoms with Crippen molar-refractivity contribution in [3.63, 3.8) is 0 Å². The molecule has 0 spiro atoms. The topological polar surface area (TPSA) is 142 Å². The summed E-state index contributed by atoms with van der Waals surface area (Å²) < 4.78 is 69.3. The second kappa shape index (κ2) is 15.8. The molecule has 12 nitrogen and oxygen atoms in total. The number of rotatable bonds is 17. The Labute approximate surface area is 223 Å². The molecule has 2 rings (SSSR count). The lowest BCUT2D eigenvalue weighted by atomic mass is 10.1. The first kappa shape index (κ1) is 32.6. The van der Waals surface area contributed by atoms with Gasteiger partial charge in [0.2, 0.25) is 6.29 Å². The van der Waals surface area contributed by atoms with Crippen LogP contribution in [0, 0.1) is 0 Å². The Morgan fingerprint density at radius 2 is 1.50 bits per heavy atom. The van der Waals surface area contributed by atoms with Crippen LogP contribution in [0.1, 0.15) is 39.7 Å². The molecule has 38 heavy (non-hydrogen) atoms. The molecule has 1 heterocycles. The Kier molecular flexibility index (Phi) is 13.6. The third-order valence-corrected chi connectivity index (χ3v) is 8.62. The highest BCUT2D eigenvalue weighted by atomic mass is 31.2. The Bertz CT molecular complexity index is 972. The number of hydrogen-bond donors (Lipinski definition) is 0. The molecule has 0 radical (unpaired) electrons. The van der Waals surface area contributed by atoms with E-state index in [9.17, 15) is 18.7 Å². The van der Waals surface area contributed by atoms with Crippen molar-refractivity contribution in [3.05, 3.63) is 35.9 Å². The highest BCUT2D eigenvalue weighted by Gasteiger charge is 2.50. The molecule has 0 amide bonds. The van der Waals surface area contributed by atoms with Crippen LogP contribution in [0.25, 0.3) is 0 Å². The van der Waals surface area contributed by atoms with E-state index in [2.05, 4.69) is 0 Å². The van der Waals surface area contributed by atoms with Crippen LogP contribution in [-0.2, 0) is 62.4 Å². The molecular formula is C24H38O12P2. The number of carbonyl (C=O) groups excluding carboxylic acids is 2. The SMILES string of the molecule is CCOP(C)(=O)OCCOP(=O)(CC[C@H]1O[C@@H](OC(C)=O)C(OC(C)=O)[C@H]1OCc1ccccc1)OCC. The Balaban J connectivity index is 2.11. The summed E-state index contributed by atoms with van der Waals surface area (Å²) in [6.45, 7) is 7.40. The van der Waals surface area contributed by atoms with Gasteiger partial charge in [-0.25, -0.2) is 0 Å². The molecule has 0 aromatic heterocycles. The van der Waals surface area contributed by atoms with E-state index < -0.39 is 51.7 Å². The molecular weight excluding hydrogens is 542 g/mol. The van der Waals surface area contributed by atoms with E-state index in [0.29, 0.717) is 0 Å². The molecule has 1 saturated heterocycles. The summed E-state index contributed by atoms with van der Waals surface area (Å²) in [4.78, 5) is 23.5. The lowest BCUT2D eigenvalue weighted by molar-refractivity contribution is -0.195. The predicted octanol–water partition coefficient (Wildman–Crippen LogP) is 4.30. The molecule has 1 aliphatic heterocycles. The number of hydrogen-bond acceptors (Lipinski definition) is 12. The average molecular weight is 581 g/mol. The molecule has 1 fully saturated rings. The smallest absolute Gasteiger partial charge is 0.330 e. The number of benzene rings is 1. The van der Waals surface area contributed by atoms with Crippen LogP contribution >= 0.6 is 15.2 Å². The summed E-state index contributed by atoms with van der Waals surface area (Å²) in [5.41, 5.74) is 0.868. The lowest BCUT2D eigenvalue weighted by Crippen LogP contribution is -2.40. The predicted molar refractivity (Wildman–Crippen MR) is 137 cm³/mol. The molecule has 0 N–H and O–H groups in total. The van der Waals surface area contributed by atoms with Gasteiger partial charge >= 0.3 is 27.1 Å². The van der Waals surface area contributed by atoms with Crippen LogP contribution in [0.3, 0.4) is 0 Å². The molecule has 6 atom stereocenters. The largest absolute Gasteiger partial charge is 0.453 e. The summed E-state index contributed by atoms with van der Waals surface area (Å²) >= 11 is 0. The highest BCUT2D eigenvalue weighted by molar-refractivity contribution is 7.54. The summed E-state index contributed by atoms with van der Waals surface area (Å²) in [5, 5.41) is 0. The Hall–Kier alpha value is -1.62. The maximum Gasteiger partial charge on any atom is 0.330 e. The molecule has 1 aromatic carbocycles. The number of carbonyl (C=O) groups is 2. The number of ether oxygens (including phenoxy) is 4. The fraction of sp³-hybridized carbons (Fsp3) is 0.667. The van der Waals surface area contributed by atoms with Gasteiger partial charge in [0.15, 0.2) is 6.10 Å². The van der Waals surface area contributed by atoms with Crippen LogP contribution in [0.2, 0.25) is 0 Å². The van der Waals surface area contributed by atoms with Gasteiger partial charge in [-0.1, -0.05) is 30.3 Å². The van der Waals surface area contributed by atoms with Gasteiger partial charge in [0.05, 0.1) is 45.3 Å². The average Bonchev–Trinajstić information content (AvgIpc) is 3.15. The minimum atomic E-state index is -3.63. The van der Waals surface area contributed by atoms with Gasteiger partial charge in [0.25, 0.3) is 0 Å². The molecule has 14 heteroatoms. The van der Waals surface area contributed by atoms with Crippen LogP contribution < -0.4 is 0 Å². The Morgan fingerprint density at radius 1 is 0.868 bits per heavy atom. The van der Waals surface area contributed by atoms with Gasteiger partial charge < -0.3 is 37.0 Å². The molecule has 0 saturated carbocycles. The zero-order chi connectivity index (χ0) is 28.2. The van der Waals surface area contributed by atoms with Crippen molar-refractivity contribution in [3.8, 4) is 0 Å². The van der Waals surface area contributed by atoms with Crippen molar-refractivity contribution >= 4 is 27.1 Å². The third-order valence-electron chi connectivity index (χ3n) is 5.21. The van der Waals surface area contributed by atoms with E-state index in [0.717, 1.165) is 5.56 Å². The molecule has 1 aliphatic rings. The van der Waals surface area contributed by atoms with Gasteiger partial charge in [-0.3, -0.25) is 18.7 Å². The van der Waals surface area contributed by atoms with Crippen molar-refractivity contribution in [2.24, 2.45) is 0 Å². The maximum absolute atomic E-state index is 13.4. The van der Waals surface area contributed by atoms with Crippen LogP contribution in [0.15, 0.2) is 30.3 Å². The number of esters is 2. The van der Waals surface area contributed by atoms with Crippen LogP contribution in [0.4, 0.5) is 0 Å². The van der Waals surface area contributed by atoms with Crippen LogP contribution in [0.5, 0.6) is 0 Å². The van der Waals surface area contributed by atoms with E-state index in [4.69, 9.17) is 37.0 Å². The van der Waals surface area contributed by atoms with E-state index in [-0.39, 0.29) is 45.6 Å². The summed E-state index contributed by atoms with van der Waals surface area (Å²) in [6.07, 6.45) is -3.82. The third kappa shape index (κ3) is 11.2. The zero-order valence-electron chi connectivity index (χ0n) is 22.4. The first-order valence-corrected chi connectivity index (χ1v) is 16.1. The van der Waals surface area contributed by atoms with Crippen molar-refractivity contribution in [1.82, 2.24) is 0 Å². The first-order chi connectivity index (χ1) is 18.0. The van der Waals surface area contributed by atoms with Crippen LogP contribution in [-0.4, -0.2) is 75.8 Å². The van der Waals surface area contributed by atoms with Gasteiger partial charge in [0, 0.05) is 20.5 Å². The standard InChI is InChI=1S/C24H38O12P2/c1-6-30-37(5,27)32-14-15-33-38(28,31-7-2)16-13-21-22(29-17-20-11-9-8-10-12-20)23(34-18(3)25)24(36-21)35-19(4)26/h8-12,21-24H,6-7,13-17H2,1-5H3/t21-,22+,23?,24-,37?,38?/m1/s1. The summed E-state index contributed by atoms with van der Waals surface area (Å²) in [6, 6.07) is 9.33. The van der Waals surface area contributed by atoms with Crippen molar-refractivity contribution in [2.45, 2.75) is 65.3 Å². The highest BCUT2D eigenvalue weighted by Crippen LogP contribution is 2.50. The fourth-order valence-electron chi connectivity index (χ4n) is 3.77. The second-order valence-corrected chi connectivity index (χ2v) is 12.6. The van der Waals surface area contributed by atoms with E-state index in [1.807, 2.05) is 30.3 Å². The van der Waals surface area contributed by atoms with E-state index in [1.165, 1.54) is 20.5 Å². The normalized spacial score (nSPS) is 24.3. The molecule has 1 aromatic rings. The molecule has 3 unspecified atom stereocenters. The Morgan fingerprint density at radius 3 is 2.11 bits per heavy atom. The van der Waals surface area contributed by atoms with Gasteiger partial charge in [0.1, 0.15) is 6.10 Å². The fourth-order valence-corrected chi connectivity index (χ4v) is 6.37. The van der Waals surface area contributed by atoms with Crippen molar-refractivity contribution in [2.75, 3.05) is 39.3 Å². The quantitative estimate of drug-likeness (QED) is 0.147. The second-order valence-electron chi connectivity index (χ2n) is 8.38. The van der Waals surface area contributed by atoms with E-state index in [1.54, 1.807) is 13.8 Å². The maximum atomic E-state index is 13.4. The molecule has 0 aliphatic carbocycles. The minimum Gasteiger partial charge on any atom is -0.453 e. The zero-order valence-corrected chi connectivity index (χ0v) is 24.2. The summed E-state index contributed by atoms with van der Waals surface area (Å²) in [5.74, 6) is -1.23. The van der Waals surface area contributed by atoms with E-state index >= 15 is 0 Å². The first-order valence-electron chi connectivity index (χ1n) is 12.4. The van der Waals surface area contributed by atoms with Crippen molar-refractivity contribution < 1.29 is 55.8 Å². The van der Waals surface area contributed by atoms with Gasteiger partial charge in [-0.2, -0.15) is 0 Å². The van der Waals surface area contributed by atoms with Gasteiger partial charge in [-0.05, 0) is 25.8 Å². The van der Waals surface area contributed by atoms with Crippen molar-refractivity contribution in [1.29, 1.82) is 0 Å². The molecule has 216 valence electrons. The summed E-state index contributed by atoms with van der Waals surface area (Å²) in [7, 11) is -6.86.